The molecule has 106 valence electrons. The zero-order valence-electron chi connectivity index (χ0n) is 10.9. The van der Waals surface area contributed by atoms with Crippen molar-refractivity contribution in [3.63, 3.8) is 0 Å². The summed E-state index contributed by atoms with van der Waals surface area (Å²) in [6.45, 7) is 0. The number of hydrogen-bond donors (Lipinski definition) is 2. The lowest BCUT2D eigenvalue weighted by Crippen LogP contribution is -1.96. The molecule has 2 N–H and O–H groups in total. The van der Waals surface area contributed by atoms with Crippen molar-refractivity contribution in [2.24, 2.45) is 4.99 Å². The van der Waals surface area contributed by atoms with Crippen LogP contribution in [0.1, 0.15) is 5.56 Å². The molecule has 3 aromatic rings. The van der Waals surface area contributed by atoms with Crippen molar-refractivity contribution >= 4 is 32.9 Å². The van der Waals surface area contributed by atoms with Crippen LogP contribution in [0.25, 0.3) is 10.9 Å². The zero-order valence-corrected chi connectivity index (χ0v) is 11.7. The Morgan fingerprint density at radius 3 is 2.48 bits per heavy atom. The number of aromatic amines is 1. The van der Waals surface area contributed by atoms with E-state index >= 15 is 0 Å². The molecule has 2 aromatic carbocycles. The lowest BCUT2D eigenvalue weighted by molar-refractivity contribution is 0.483. The summed E-state index contributed by atoms with van der Waals surface area (Å²) in [5.74, 6) is 0. The van der Waals surface area contributed by atoms with Crippen molar-refractivity contribution < 1.29 is 13.0 Å². The van der Waals surface area contributed by atoms with Gasteiger partial charge in [-0.1, -0.05) is 18.2 Å². The zero-order chi connectivity index (χ0) is 14.9. The fourth-order valence-electron chi connectivity index (χ4n) is 2.05. The van der Waals surface area contributed by atoms with Gasteiger partial charge in [0.2, 0.25) is 0 Å². The van der Waals surface area contributed by atoms with E-state index in [2.05, 4.69) is 9.98 Å². The summed E-state index contributed by atoms with van der Waals surface area (Å²) < 4.78 is 30.8. The predicted molar refractivity (Wildman–Crippen MR) is 81.8 cm³/mol. The normalized spacial score (nSPS) is 12.2. The van der Waals surface area contributed by atoms with E-state index in [1.165, 1.54) is 24.3 Å². The summed E-state index contributed by atoms with van der Waals surface area (Å²) >= 11 is 0. The quantitative estimate of drug-likeness (QED) is 0.575. The molecule has 1 heterocycles. The van der Waals surface area contributed by atoms with Crippen LogP contribution in [0.2, 0.25) is 0 Å². The summed E-state index contributed by atoms with van der Waals surface area (Å²) in [6, 6.07) is 13.6. The second-order valence-corrected chi connectivity index (χ2v) is 5.94. The van der Waals surface area contributed by atoms with E-state index in [1.807, 2.05) is 30.5 Å². The number of aliphatic imine (C=N–C) groups is 1. The molecule has 0 saturated heterocycles. The lowest BCUT2D eigenvalue weighted by atomic mass is 10.2. The van der Waals surface area contributed by atoms with Crippen LogP contribution in [-0.2, 0) is 10.1 Å². The molecule has 0 aliphatic heterocycles. The average molecular weight is 300 g/mol. The molecule has 0 unspecified atom stereocenters. The van der Waals surface area contributed by atoms with Crippen LogP contribution in [-0.4, -0.2) is 24.2 Å². The Morgan fingerprint density at radius 1 is 1.05 bits per heavy atom. The number of para-hydroxylation sites is 1. The fraction of sp³-hybridized carbons (Fsp3) is 0. The van der Waals surface area contributed by atoms with Crippen LogP contribution >= 0.6 is 0 Å². The molecule has 0 amide bonds. The molecule has 1 aromatic heterocycles. The van der Waals surface area contributed by atoms with Crippen molar-refractivity contribution in [2.45, 2.75) is 4.90 Å². The molecular formula is C15H12N2O3S. The first-order chi connectivity index (χ1) is 10.0. The van der Waals surface area contributed by atoms with Crippen LogP contribution in [0.15, 0.2) is 64.6 Å². The second-order valence-electron chi connectivity index (χ2n) is 4.52. The van der Waals surface area contributed by atoms with Gasteiger partial charge in [-0.05, 0) is 30.3 Å². The van der Waals surface area contributed by atoms with Gasteiger partial charge in [-0.25, -0.2) is 0 Å². The van der Waals surface area contributed by atoms with Gasteiger partial charge in [-0.2, -0.15) is 8.42 Å². The minimum absolute atomic E-state index is 0.145. The van der Waals surface area contributed by atoms with Crippen molar-refractivity contribution in [1.29, 1.82) is 0 Å². The molecule has 21 heavy (non-hydrogen) atoms. The van der Waals surface area contributed by atoms with Gasteiger partial charge >= 0.3 is 0 Å². The highest BCUT2D eigenvalue weighted by atomic mass is 32.2. The smallest absolute Gasteiger partial charge is 0.294 e. The standard InChI is InChI=1S/C15H12N2O3S/c18-21(19,20)13-7-5-12(6-8-13)16-9-11-10-17-15-4-2-1-3-14(11)15/h1-10,17H,(H,18,19,20). The molecule has 0 radical (unpaired) electrons. The van der Waals surface area contributed by atoms with E-state index in [4.69, 9.17) is 4.55 Å². The number of nitrogens with one attached hydrogen (secondary N) is 1. The second kappa shape index (κ2) is 5.16. The Morgan fingerprint density at radius 2 is 1.76 bits per heavy atom. The molecule has 0 aliphatic rings. The Labute approximate surface area is 121 Å². The van der Waals surface area contributed by atoms with Gasteiger partial charge in [0.25, 0.3) is 10.1 Å². The molecule has 6 heteroatoms. The minimum atomic E-state index is -4.16. The fourth-order valence-corrected chi connectivity index (χ4v) is 2.53. The number of H-pyrrole nitrogens is 1. The van der Waals surface area contributed by atoms with Crippen molar-refractivity contribution in [3.8, 4) is 0 Å². The molecule has 0 bridgehead atoms. The number of aromatic nitrogens is 1. The van der Waals surface area contributed by atoms with E-state index in [0.29, 0.717) is 5.69 Å². The molecule has 0 spiro atoms. The third-order valence-electron chi connectivity index (χ3n) is 3.11. The SMILES string of the molecule is O=S(=O)(O)c1ccc(N=Cc2c[nH]c3ccccc23)cc1. The maximum absolute atomic E-state index is 10.9. The maximum atomic E-state index is 10.9. The van der Waals surface area contributed by atoms with Gasteiger partial charge in [0.1, 0.15) is 0 Å². The highest BCUT2D eigenvalue weighted by molar-refractivity contribution is 7.85. The molecule has 3 rings (SSSR count). The van der Waals surface area contributed by atoms with E-state index in [0.717, 1.165) is 16.5 Å². The first-order valence-electron chi connectivity index (χ1n) is 6.22. The average Bonchev–Trinajstić information content (AvgIpc) is 2.88. The number of fused-ring (bicyclic) bond motifs is 1. The van der Waals surface area contributed by atoms with Gasteiger partial charge in [0, 0.05) is 28.9 Å². The van der Waals surface area contributed by atoms with Crippen LogP contribution in [0.5, 0.6) is 0 Å². The number of benzene rings is 2. The number of rotatable bonds is 3. The summed E-state index contributed by atoms with van der Waals surface area (Å²) in [7, 11) is -4.16. The number of hydrogen-bond acceptors (Lipinski definition) is 3. The Balaban J connectivity index is 1.89. The highest BCUT2D eigenvalue weighted by Gasteiger charge is 2.08. The largest absolute Gasteiger partial charge is 0.361 e. The van der Waals surface area contributed by atoms with Gasteiger partial charge in [-0.15, -0.1) is 0 Å². The molecule has 0 atom stereocenters. The Kier molecular flexibility index (Phi) is 3.32. The summed E-state index contributed by atoms with van der Waals surface area (Å²) in [5.41, 5.74) is 2.58. The molecule has 0 saturated carbocycles. The van der Waals surface area contributed by atoms with Crippen LogP contribution in [0.3, 0.4) is 0 Å². The van der Waals surface area contributed by atoms with Crippen LogP contribution in [0.4, 0.5) is 5.69 Å². The van der Waals surface area contributed by atoms with Gasteiger partial charge in [0.05, 0.1) is 10.6 Å². The lowest BCUT2D eigenvalue weighted by Gasteiger charge is -1.97. The molecule has 0 aliphatic carbocycles. The first kappa shape index (κ1) is 13.5. The molecule has 5 nitrogen and oxygen atoms in total. The predicted octanol–water partition coefficient (Wildman–Crippen LogP) is 3.17. The van der Waals surface area contributed by atoms with Gasteiger partial charge in [0.15, 0.2) is 0 Å². The first-order valence-corrected chi connectivity index (χ1v) is 7.66. The summed E-state index contributed by atoms with van der Waals surface area (Å²) in [6.07, 6.45) is 3.57. The summed E-state index contributed by atoms with van der Waals surface area (Å²) in [4.78, 5) is 7.31. The third kappa shape index (κ3) is 2.86. The third-order valence-corrected chi connectivity index (χ3v) is 3.98. The Bertz CT molecular complexity index is 910. The minimum Gasteiger partial charge on any atom is -0.361 e. The maximum Gasteiger partial charge on any atom is 0.294 e. The van der Waals surface area contributed by atoms with Crippen LogP contribution < -0.4 is 0 Å². The van der Waals surface area contributed by atoms with Crippen LogP contribution in [0, 0.1) is 0 Å². The van der Waals surface area contributed by atoms with Crippen molar-refractivity contribution in [2.75, 3.05) is 0 Å². The van der Waals surface area contributed by atoms with E-state index in [-0.39, 0.29) is 4.90 Å². The monoisotopic (exact) mass is 300 g/mol. The number of nitrogens with zero attached hydrogens (tertiary/aromatic N) is 1. The summed E-state index contributed by atoms with van der Waals surface area (Å²) in [5, 5.41) is 1.07. The van der Waals surface area contributed by atoms with E-state index < -0.39 is 10.1 Å². The van der Waals surface area contributed by atoms with E-state index in [1.54, 1.807) is 6.21 Å². The topological polar surface area (TPSA) is 82.5 Å². The van der Waals surface area contributed by atoms with Gasteiger partial charge in [-0.3, -0.25) is 9.55 Å². The van der Waals surface area contributed by atoms with Crippen molar-refractivity contribution in [1.82, 2.24) is 4.98 Å². The highest BCUT2D eigenvalue weighted by Crippen LogP contribution is 2.19. The molecular weight excluding hydrogens is 288 g/mol. The Hall–Kier alpha value is -2.44. The molecule has 0 fully saturated rings. The van der Waals surface area contributed by atoms with Crippen molar-refractivity contribution in [3.05, 3.63) is 60.3 Å². The van der Waals surface area contributed by atoms with E-state index in [9.17, 15) is 8.42 Å². The van der Waals surface area contributed by atoms with Gasteiger partial charge < -0.3 is 4.98 Å².